The number of aryl methyl sites for hydroxylation is 1. The van der Waals surface area contributed by atoms with Gasteiger partial charge in [-0.2, -0.15) is 0 Å². The summed E-state index contributed by atoms with van der Waals surface area (Å²) in [6, 6.07) is 7.83. The highest BCUT2D eigenvalue weighted by Crippen LogP contribution is 2.14. The SMILES string of the molecule is COCC(=O)Nc1ccc(NC(=O)Nc2cc(C)on2)cc1. The third-order valence-corrected chi connectivity index (χ3v) is 2.57. The first-order valence-corrected chi connectivity index (χ1v) is 6.47. The number of amides is 3. The smallest absolute Gasteiger partial charge is 0.324 e. The van der Waals surface area contributed by atoms with Crippen molar-refractivity contribution in [1.29, 1.82) is 0 Å². The van der Waals surface area contributed by atoms with Gasteiger partial charge in [-0.15, -0.1) is 0 Å². The molecule has 1 aromatic heterocycles. The second kappa shape index (κ2) is 7.23. The molecule has 0 bridgehead atoms. The lowest BCUT2D eigenvalue weighted by molar-refractivity contribution is -0.119. The maximum Gasteiger partial charge on any atom is 0.324 e. The van der Waals surface area contributed by atoms with E-state index in [-0.39, 0.29) is 12.5 Å². The van der Waals surface area contributed by atoms with Gasteiger partial charge in [0, 0.05) is 24.6 Å². The standard InChI is InChI=1S/C14H16N4O4/c1-9-7-12(18-22-9)17-14(20)16-11-5-3-10(4-6-11)15-13(19)8-21-2/h3-7H,8H2,1-2H3,(H,15,19)(H2,16,17,18,20). The number of anilines is 3. The van der Waals surface area contributed by atoms with Crippen molar-refractivity contribution in [3.63, 3.8) is 0 Å². The van der Waals surface area contributed by atoms with Gasteiger partial charge >= 0.3 is 6.03 Å². The molecule has 3 N–H and O–H groups in total. The Morgan fingerprint density at radius 2 is 1.77 bits per heavy atom. The van der Waals surface area contributed by atoms with E-state index in [1.165, 1.54) is 7.11 Å². The molecule has 0 radical (unpaired) electrons. The number of ether oxygens (including phenoxy) is 1. The summed E-state index contributed by atoms with van der Waals surface area (Å²) in [7, 11) is 1.45. The molecular weight excluding hydrogens is 288 g/mol. The van der Waals surface area contributed by atoms with E-state index in [2.05, 4.69) is 21.1 Å². The van der Waals surface area contributed by atoms with Gasteiger partial charge in [0.2, 0.25) is 5.91 Å². The molecule has 0 spiro atoms. The van der Waals surface area contributed by atoms with Crippen molar-refractivity contribution in [2.75, 3.05) is 29.7 Å². The fourth-order valence-electron chi connectivity index (χ4n) is 1.67. The molecule has 0 aliphatic rings. The number of hydrogen-bond donors (Lipinski definition) is 3. The molecule has 116 valence electrons. The number of urea groups is 1. The highest BCUT2D eigenvalue weighted by Gasteiger charge is 2.06. The van der Waals surface area contributed by atoms with Crippen LogP contribution in [0.3, 0.4) is 0 Å². The van der Waals surface area contributed by atoms with Gasteiger partial charge in [-0.05, 0) is 31.2 Å². The molecule has 1 aromatic carbocycles. The lowest BCUT2D eigenvalue weighted by Crippen LogP contribution is -2.20. The van der Waals surface area contributed by atoms with Crippen LogP contribution in [0.15, 0.2) is 34.9 Å². The van der Waals surface area contributed by atoms with Crippen molar-refractivity contribution in [2.45, 2.75) is 6.92 Å². The first-order valence-electron chi connectivity index (χ1n) is 6.47. The predicted octanol–water partition coefficient (Wildman–Crippen LogP) is 2.21. The number of nitrogens with zero attached hydrogens (tertiary/aromatic N) is 1. The minimum absolute atomic E-state index is 0.0144. The van der Waals surface area contributed by atoms with Gasteiger partial charge in [0.1, 0.15) is 12.4 Å². The predicted molar refractivity (Wildman–Crippen MR) is 80.8 cm³/mol. The number of rotatable bonds is 5. The molecule has 1 heterocycles. The first kappa shape index (κ1) is 15.5. The lowest BCUT2D eigenvalue weighted by Gasteiger charge is -2.07. The average molecular weight is 304 g/mol. The maximum absolute atomic E-state index is 11.7. The van der Waals surface area contributed by atoms with Crippen LogP contribution in [0.5, 0.6) is 0 Å². The molecule has 0 aliphatic heterocycles. The van der Waals surface area contributed by atoms with Gasteiger partial charge in [0.15, 0.2) is 5.82 Å². The Kier molecular flexibility index (Phi) is 5.10. The molecule has 2 aromatic rings. The Morgan fingerprint density at radius 3 is 2.32 bits per heavy atom. The Labute approximate surface area is 126 Å². The van der Waals surface area contributed by atoms with E-state index in [0.29, 0.717) is 23.0 Å². The summed E-state index contributed by atoms with van der Waals surface area (Å²) in [5, 5.41) is 11.5. The largest absolute Gasteiger partial charge is 0.375 e. The normalized spacial score (nSPS) is 10.1. The summed E-state index contributed by atoms with van der Waals surface area (Å²) < 4.78 is 9.56. The van der Waals surface area contributed by atoms with Gasteiger partial charge in [0.05, 0.1) is 0 Å². The molecule has 0 unspecified atom stereocenters. The molecule has 0 aliphatic carbocycles. The minimum atomic E-state index is -0.440. The summed E-state index contributed by atoms with van der Waals surface area (Å²) >= 11 is 0. The van der Waals surface area contributed by atoms with Crippen LogP contribution < -0.4 is 16.0 Å². The third kappa shape index (κ3) is 4.60. The van der Waals surface area contributed by atoms with Crippen LogP contribution in [0, 0.1) is 6.92 Å². The van der Waals surface area contributed by atoms with E-state index in [9.17, 15) is 9.59 Å². The van der Waals surface area contributed by atoms with Gasteiger partial charge in [-0.1, -0.05) is 5.16 Å². The maximum atomic E-state index is 11.7. The molecule has 0 atom stereocenters. The van der Waals surface area contributed by atoms with E-state index in [1.807, 2.05) is 0 Å². The van der Waals surface area contributed by atoms with Crippen molar-refractivity contribution in [3.8, 4) is 0 Å². The molecule has 8 nitrogen and oxygen atoms in total. The second-order valence-corrected chi connectivity index (χ2v) is 4.46. The van der Waals surface area contributed by atoms with Crippen molar-refractivity contribution in [1.82, 2.24) is 5.16 Å². The zero-order valence-corrected chi connectivity index (χ0v) is 12.2. The zero-order valence-electron chi connectivity index (χ0n) is 12.2. The molecule has 3 amide bonds. The fraction of sp³-hybridized carbons (Fsp3) is 0.214. The summed E-state index contributed by atoms with van der Waals surface area (Å²) in [6.07, 6.45) is 0. The number of benzene rings is 1. The second-order valence-electron chi connectivity index (χ2n) is 4.46. The van der Waals surface area contributed by atoms with Crippen LogP contribution in [0.4, 0.5) is 22.0 Å². The summed E-state index contributed by atoms with van der Waals surface area (Å²) in [4.78, 5) is 23.1. The number of hydrogen-bond acceptors (Lipinski definition) is 5. The summed E-state index contributed by atoms with van der Waals surface area (Å²) in [6.45, 7) is 1.71. The topological polar surface area (TPSA) is 105 Å². The Bertz CT molecular complexity index is 651. The summed E-state index contributed by atoms with van der Waals surface area (Å²) in [5.41, 5.74) is 1.18. The highest BCUT2D eigenvalue weighted by atomic mass is 16.5. The molecule has 0 saturated heterocycles. The first-order chi connectivity index (χ1) is 10.6. The van der Waals surface area contributed by atoms with Crippen LogP contribution in [0.2, 0.25) is 0 Å². The zero-order chi connectivity index (χ0) is 15.9. The molecule has 2 rings (SSSR count). The highest BCUT2D eigenvalue weighted by molar-refractivity contribution is 5.99. The van der Waals surface area contributed by atoms with E-state index >= 15 is 0 Å². The van der Waals surface area contributed by atoms with Crippen molar-refractivity contribution in [3.05, 3.63) is 36.1 Å². The van der Waals surface area contributed by atoms with Crippen LogP contribution in [0.25, 0.3) is 0 Å². The fourth-order valence-corrected chi connectivity index (χ4v) is 1.67. The monoisotopic (exact) mass is 304 g/mol. The number of carbonyl (C=O) groups excluding carboxylic acids is 2. The van der Waals surface area contributed by atoms with Crippen LogP contribution in [-0.2, 0) is 9.53 Å². The minimum Gasteiger partial charge on any atom is -0.375 e. The number of aromatic nitrogens is 1. The van der Waals surface area contributed by atoms with E-state index in [4.69, 9.17) is 9.26 Å². The number of carbonyl (C=O) groups is 2. The van der Waals surface area contributed by atoms with Crippen LogP contribution >= 0.6 is 0 Å². The Hall–Kier alpha value is -2.87. The van der Waals surface area contributed by atoms with Crippen molar-refractivity contribution in [2.24, 2.45) is 0 Å². The van der Waals surface area contributed by atoms with Gasteiger partial charge in [-0.3, -0.25) is 10.1 Å². The van der Waals surface area contributed by atoms with Gasteiger partial charge in [0.25, 0.3) is 0 Å². The molecule has 0 fully saturated rings. The number of methoxy groups -OCH3 is 1. The molecule has 0 saturated carbocycles. The Balaban J connectivity index is 1.87. The molecule has 8 heteroatoms. The van der Waals surface area contributed by atoms with Gasteiger partial charge in [-0.25, -0.2) is 4.79 Å². The van der Waals surface area contributed by atoms with Crippen LogP contribution in [-0.4, -0.2) is 30.8 Å². The van der Waals surface area contributed by atoms with Gasteiger partial charge < -0.3 is 19.9 Å². The molecule has 22 heavy (non-hydrogen) atoms. The third-order valence-electron chi connectivity index (χ3n) is 2.57. The van der Waals surface area contributed by atoms with Crippen molar-refractivity contribution < 1.29 is 18.8 Å². The van der Waals surface area contributed by atoms with E-state index in [1.54, 1.807) is 37.3 Å². The van der Waals surface area contributed by atoms with E-state index in [0.717, 1.165) is 0 Å². The molecular formula is C14H16N4O4. The lowest BCUT2D eigenvalue weighted by atomic mass is 10.3. The van der Waals surface area contributed by atoms with E-state index < -0.39 is 6.03 Å². The summed E-state index contributed by atoms with van der Waals surface area (Å²) in [5.74, 6) is 0.687. The average Bonchev–Trinajstić information content (AvgIpc) is 2.86. The Morgan fingerprint density at radius 1 is 1.14 bits per heavy atom. The quantitative estimate of drug-likeness (QED) is 0.785. The van der Waals surface area contributed by atoms with Crippen LogP contribution in [0.1, 0.15) is 5.76 Å². The number of nitrogens with one attached hydrogen (secondary N) is 3. The van der Waals surface area contributed by atoms with Crippen molar-refractivity contribution >= 4 is 29.1 Å².